The highest BCUT2D eigenvalue weighted by Crippen LogP contribution is 2.27. The van der Waals surface area contributed by atoms with Crippen LogP contribution >= 0.6 is 0 Å². The summed E-state index contributed by atoms with van der Waals surface area (Å²) >= 11 is 0. The van der Waals surface area contributed by atoms with Crippen molar-refractivity contribution in [3.8, 4) is 0 Å². The van der Waals surface area contributed by atoms with E-state index in [1.807, 2.05) is 45.0 Å². The van der Waals surface area contributed by atoms with Gasteiger partial charge in [-0.3, -0.25) is 0 Å². The molecule has 1 radical (unpaired) electrons. The van der Waals surface area contributed by atoms with Gasteiger partial charge in [-0.25, -0.2) is 0 Å². The minimum Gasteiger partial charge on any atom is -0.390 e. The molecule has 0 bridgehead atoms. The van der Waals surface area contributed by atoms with E-state index in [1.54, 1.807) is 0 Å². The summed E-state index contributed by atoms with van der Waals surface area (Å²) in [4.78, 5) is 0. The van der Waals surface area contributed by atoms with Crippen molar-refractivity contribution in [2.75, 3.05) is 0 Å². The van der Waals surface area contributed by atoms with Gasteiger partial charge >= 0.3 is 0 Å². The maximum Gasteiger partial charge on any atom is 0.0657 e. The first-order valence-electron chi connectivity index (χ1n) is 4.55. The van der Waals surface area contributed by atoms with Crippen molar-refractivity contribution in [2.45, 2.75) is 32.3 Å². The van der Waals surface area contributed by atoms with Crippen molar-refractivity contribution in [1.29, 1.82) is 0 Å². The normalized spacial score (nSPS) is 14.2. The Bertz CT molecular complexity index is 266. The van der Waals surface area contributed by atoms with E-state index in [1.165, 1.54) is 0 Å². The van der Waals surface area contributed by atoms with Crippen LogP contribution < -0.4 is 0 Å². The van der Waals surface area contributed by atoms with Gasteiger partial charge in [0.05, 0.1) is 5.60 Å². The van der Waals surface area contributed by atoms with Gasteiger partial charge in [-0.1, -0.05) is 31.2 Å². The third kappa shape index (κ3) is 2.56. The van der Waals surface area contributed by atoms with Gasteiger partial charge in [0.15, 0.2) is 0 Å². The summed E-state index contributed by atoms with van der Waals surface area (Å²) in [6, 6.07) is 7.98. The van der Waals surface area contributed by atoms with Crippen LogP contribution in [0.1, 0.15) is 37.8 Å². The SMILES string of the molecule is [CH2]c1ccc(C(C)C(C)(C)O)cc1. The lowest BCUT2D eigenvalue weighted by atomic mass is 9.86. The van der Waals surface area contributed by atoms with Crippen LogP contribution in [0.3, 0.4) is 0 Å². The highest BCUT2D eigenvalue weighted by Gasteiger charge is 2.23. The number of hydrogen-bond donors (Lipinski definition) is 1. The zero-order valence-electron chi connectivity index (χ0n) is 8.54. The molecule has 13 heavy (non-hydrogen) atoms. The largest absolute Gasteiger partial charge is 0.390 e. The van der Waals surface area contributed by atoms with E-state index in [-0.39, 0.29) is 5.92 Å². The summed E-state index contributed by atoms with van der Waals surface area (Å²) in [6.07, 6.45) is 0. The first kappa shape index (κ1) is 10.3. The molecule has 0 heterocycles. The molecule has 1 N–H and O–H groups in total. The van der Waals surface area contributed by atoms with Gasteiger partial charge in [-0.15, -0.1) is 0 Å². The first-order chi connectivity index (χ1) is 5.91. The summed E-state index contributed by atoms with van der Waals surface area (Å²) in [5.41, 5.74) is 1.49. The van der Waals surface area contributed by atoms with Crippen LogP contribution in [-0.4, -0.2) is 10.7 Å². The topological polar surface area (TPSA) is 20.2 Å². The van der Waals surface area contributed by atoms with E-state index < -0.39 is 5.60 Å². The van der Waals surface area contributed by atoms with E-state index in [2.05, 4.69) is 6.92 Å². The molecular formula is C12H17O. The number of aliphatic hydroxyl groups is 1. The van der Waals surface area contributed by atoms with Gasteiger partial charge in [-0.05, 0) is 31.9 Å². The van der Waals surface area contributed by atoms with Crippen molar-refractivity contribution in [3.05, 3.63) is 42.3 Å². The second kappa shape index (κ2) is 3.51. The monoisotopic (exact) mass is 177 g/mol. The van der Waals surface area contributed by atoms with E-state index in [4.69, 9.17) is 0 Å². The number of rotatable bonds is 2. The molecule has 0 amide bonds. The molecule has 0 aromatic heterocycles. The Hall–Kier alpha value is -0.820. The fraction of sp³-hybridized carbons (Fsp3) is 0.417. The van der Waals surface area contributed by atoms with E-state index in [0.29, 0.717) is 0 Å². The molecule has 1 unspecified atom stereocenters. The van der Waals surface area contributed by atoms with E-state index >= 15 is 0 Å². The molecule has 1 aromatic carbocycles. The van der Waals surface area contributed by atoms with Gasteiger partial charge in [-0.2, -0.15) is 0 Å². The fourth-order valence-corrected chi connectivity index (χ4v) is 1.21. The molecule has 1 atom stereocenters. The Morgan fingerprint density at radius 1 is 1.23 bits per heavy atom. The lowest BCUT2D eigenvalue weighted by molar-refractivity contribution is 0.0559. The Balaban J connectivity index is 2.90. The van der Waals surface area contributed by atoms with E-state index in [9.17, 15) is 5.11 Å². The minimum atomic E-state index is -0.664. The second-order valence-electron chi connectivity index (χ2n) is 4.12. The van der Waals surface area contributed by atoms with Crippen molar-refractivity contribution < 1.29 is 5.11 Å². The van der Waals surface area contributed by atoms with Crippen LogP contribution in [0.5, 0.6) is 0 Å². The van der Waals surface area contributed by atoms with Crippen molar-refractivity contribution >= 4 is 0 Å². The maximum absolute atomic E-state index is 9.79. The van der Waals surface area contributed by atoms with Crippen LogP contribution in [-0.2, 0) is 0 Å². The zero-order valence-corrected chi connectivity index (χ0v) is 8.54. The highest BCUT2D eigenvalue weighted by molar-refractivity contribution is 5.27. The zero-order chi connectivity index (χ0) is 10.1. The molecule has 1 heteroatoms. The van der Waals surface area contributed by atoms with Crippen molar-refractivity contribution in [1.82, 2.24) is 0 Å². The quantitative estimate of drug-likeness (QED) is 0.736. The van der Waals surface area contributed by atoms with Crippen LogP contribution in [0.25, 0.3) is 0 Å². The summed E-state index contributed by atoms with van der Waals surface area (Å²) in [6.45, 7) is 9.50. The molecule has 0 saturated carbocycles. The van der Waals surface area contributed by atoms with Crippen LogP contribution in [0.15, 0.2) is 24.3 Å². The van der Waals surface area contributed by atoms with Gasteiger partial charge in [0.1, 0.15) is 0 Å². The molecule has 0 spiro atoms. The average molecular weight is 177 g/mol. The summed E-state index contributed by atoms with van der Waals surface area (Å²) in [5.74, 6) is 0.146. The predicted molar refractivity (Wildman–Crippen MR) is 55.6 cm³/mol. The third-order valence-electron chi connectivity index (χ3n) is 2.54. The van der Waals surface area contributed by atoms with Crippen LogP contribution in [0.2, 0.25) is 0 Å². The Morgan fingerprint density at radius 3 is 2.08 bits per heavy atom. The first-order valence-corrected chi connectivity index (χ1v) is 4.55. The molecule has 0 fully saturated rings. The lowest BCUT2D eigenvalue weighted by Gasteiger charge is -2.26. The van der Waals surface area contributed by atoms with Crippen LogP contribution in [0, 0.1) is 6.92 Å². The average Bonchev–Trinajstić information content (AvgIpc) is 2.03. The molecule has 1 nitrogen and oxygen atoms in total. The van der Waals surface area contributed by atoms with Crippen molar-refractivity contribution in [3.63, 3.8) is 0 Å². The molecule has 1 rings (SSSR count). The molecule has 0 aliphatic rings. The Labute approximate surface area is 80.4 Å². The highest BCUT2D eigenvalue weighted by atomic mass is 16.3. The minimum absolute atomic E-state index is 0.146. The summed E-state index contributed by atoms with van der Waals surface area (Å²) in [7, 11) is 0. The summed E-state index contributed by atoms with van der Waals surface area (Å²) < 4.78 is 0. The fourth-order valence-electron chi connectivity index (χ4n) is 1.21. The molecule has 1 aromatic rings. The van der Waals surface area contributed by atoms with Gasteiger partial charge < -0.3 is 5.11 Å². The van der Waals surface area contributed by atoms with Crippen molar-refractivity contribution in [2.24, 2.45) is 0 Å². The van der Waals surface area contributed by atoms with Gasteiger partial charge in [0, 0.05) is 5.92 Å². The van der Waals surface area contributed by atoms with Gasteiger partial charge in [0.25, 0.3) is 0 Å². The molecule has 0 aliphatic carbocycles. The molecular weight excluding hydrogens is 160 g/mol. The maximum atomic E-state index is 9.79. The molecule has 71 valence electrons. The van der Waals surface area contributed by atoms with Crippen LogP contribution in [0.4, 0.5) is 0 Å². The van der Waals surface area contributed by atoms with E-state index in [0.717, 1.165) is 11.1 Å². The smallest absolute Gasteiger partial charge is 0.0657 e. The second-order valence-corrected chi connectivity index (χ2v) is 4.12. The lowest BCUT2D eigenvalue weighted by Crippen LogP contribution is -2.26. The summed E-state index contributed by atoms with van der Waals surface area (Å²) in [5, 5.41) is 9.79. The standard InChI is InChI=1S/C12H17O/c1-9-5-7-11(8-6-9)10(2)12(3,4)13/h5-8,10,13H,1H2,2-4H3. The predicted octanol–water partition coefficient (Wildman–Crippen LogP) is 2.74. The number of hydrogen-bond acceptors (Lipinski definition) is 1. The Kier molecular flexibility index (Phi) is 2.77. The molecule has 0 saturated heterocycles. The Morgan fingerprint density at radius 2 is 1.69 bits per heavy atom. The third-order valence-corrected chi connectivity index (χ3v) is 2.54. The molecule has 0 aliphatic heterocycles. The number of benzene rings is 1. The van der Waals surface area contributed by atoms with Gasteiger partial charge in [0.2, 0.25) is 0 Å².